The number of nitrogens with one attached hydrogen (secondary N) is 1. The van der Waals surface area contributed by atoms with Crippen molar-refractivity contribution in [3.05, 3.63) is 100 Å². The van der Waals surface area contributed by atoms with Gasteiger partial charge in [-0.1, -0.05) is 43.3 Å². The second kappa shape index (κ2) is 12.1. The number of Topliss-reactive ketones (excluding diaryl/α,β-unsaturated/α-hetero) is 1. The summed E-state index contributed by atoms with van der Waals surface area (Å²) >= 11 is 3.50. The quantitative estimate of drug-likeness (QED) is 0.149. The fourth-order valence-corrected chi connectivity index (χ4v) is 7.24. The van der Waals surface area contributed by atoms with Crippen molar-refractivity contribution in [3.8, 4) is 11.1 Å². The van der Waals surface area contributed by atoms with Crippen molar-refractivity contribution in [1.29, 1.82) is 0 Å². The highest BCUT2D eigenvalue weighted by Crippen LogP contribution is 2.59. The first-order chi connectivity index (χ1) is 22.6. The van der Waals surface area contributed by atoms with Gasteiger partial charge >= 0.3 is 0 Å². The minimum atomic E-state index is -0.637. The summed E-state index contributed by atoms with van der Waals surface area (Å²) in [4.78, 5) is 55.2. The summed E-state index contributed by atoms with van der Waals surface area (Å²) in [5.41, 5.74) is 4.80. The number of rotatable bonds is 9. The molecule has 4 heterocycles. The van der Waals surface area contributed by atoms with E-state index in [4.69, 9.17) is 0 Å². The van der Waals surface area contributed by atoms with Crippen LogP contribution in [0.1, 0.15) is 54.1 Å². The Hall–Kier alpha value is -4.77. The topological polar surface area (TPSA) is 123 Å². The summed E-state index contributed by atoms with van der Waals surface area (Å²) in [5.74, 6) is 0.451. The molecule has 238 valence electrons. The van der Waals surface area contributed by atoms with E-state index in [0.717, 1.165) is 36.0 Å². The highest BCUT2D eigenvalue weighted by atomic mass is 79.9. The van der Waals surface area contributed by atoms with Crippen LogP contribution in [-0.2, 0) is 29.0 Å². The number of nitrogens with zero attached hydrogens (tertiary/aromatic N) is 6. The average Bonchev–Trinajstić information content (AvgIpc) is 3.41. The summed E-state index contributed by atoms with van der Waals surface area (Å²) < 4.78 is 2.21. The van der Waals surface area contributed by atoms with E-state index in [1.165, 1.54) is 12.5 Å². The Labute approximate surface area is 280 Å². The molecule has 11 heteroatoms. The minimum Gasteiger partial charge on any atom is -0.325 e. The molecule has 1 N–H and O–H groups in total. The van der Waals surface area contributed by atoms with Crippen molar-refractivity contribution in [2.45, 2.75) is 65.1 Å². The molecular weight excluding hydrogens is 658 g/mol. The predicted octanol–water partition coefficient (Wildman–Crippen LogP) is 5.97. The minimum absolute atomic E-state index is 0.0232. The van der Waals surface area contributed by atoms with Gasteiger partial charge in [-0.15, -0.1) is 0 Å². The van der Waals surface area contributed by atoms with Crippen LogP contribution in [0.4, 0.5) is 5.82 Å². The Morgan fingerprint density at radius 3 is 2.45 bits per heavy atom. The highest BCUT2D eigenvalue weighted by molar-refractivity contribution is 9.10. The van der Waals surface area contributed by atoms with E-state index in [2.05, 4.69) is 60.4 Å². The normalized spacial score (nSPS) is 19.9. The molecule has 0 spiro atoms. The molecule has 2 amide bonds. The van der Waals surface area contributed by atoms with Crippen molar-refractivity contribution >= 4 is 50.2 Å². The SMILES string of the molecule is CC(=O)c1nn(CC(=O)N2C3C[C@]3(C)C[C@H]2C(=O)Nc2cc(CCc3ccccc3)cc(Br)n2)c2ccc(-c3cnc(C)nc3)cc12. The lowest BCUT2D eigenvalue weighted by Gasteiger charge is -2.27. The Balaban J connectivity index is 1.10. The number of carbonyl (C=O) groups is 3. The van der Waals surface area contributed by atoms with Crippen LogP contribution in [0.25, 0.3) is 22.0 Å². The second-order valence-electron chi connectivity index (χ2n) is 12.9. The smallest absolute Gasteiger partial charge is 0.248 e. The molecule has 1 saturated heterocycles. The maximum absolute atomic E-state index is 14.0. The molecule has 1 aliphatic carbocycles. The number of aryl methyl sites for hydroxylation is 3. The zero-order chi connectivity index (χ0) is 32.9. The van der Waals surface area contributed by atoms with Crippen LogP contribution in [-0.4, -0.2) is 59.3 Å². The zero-order valence-corrected chi connectivity index (χ0v) is 28.0. The lowest BCUT2D eigenvalue weighted by atomic mass is 10.0. The molecule has 47 heavy (non-hydrogen) atoms. The third kappa shape index (κ3) is 6.19. The van der Waals surface area contributed by atoms with Gasteiger partial charge in [-0.25, -0.2) is 15.0 Å². The summed E-state index contributed by atoms with van der Waals surface area (Å²) in [6.45, 7) is 5.32. The molecule has 1 saturated carbocycles. The fraction of sp³-hybridized carbons (Fsp3) is 0.306. The zero-order valence-electron chi connectivity index (χ0n) is 26.4. The third-order valence-corrected chi connectivity index (χ3v) is 9.77. The maximum Gasteiger partial charge on any atom is 0.248 e. The van der Waals surface area contributed by atoms with Gasteiger partial charge in [0.1, 0.15) is 34.5 Å². The van der Waals surface area contributed by atoms with Crippen molar-refractivity contribution in [2.75, 3.05) is 5.32 Å². The van der Waals surface area contributed by atoms with Crippen LogP contribution in [0, 0.1) is 12.3 Å². The number of pyridine rings is 1. The van der Waals surface area contributed by atoms with Gasteiger partial charge in [-0.05, 0) is 94.9 Å². The summed E-state index contributed by atoms with van der Waals surface area (Å²) in [6, 6.07) is 19.1. The second-order valence-corrected chi connectivity index (χ2v) is 13.7. The van der Waals surface area contributed by atoms with Crippen LogP contribution in [0.15, 0.2) is 77.7 Å². The number of piperidine rings is 1. The van der Waals surface area contributed by atoms with Gasteiger partial charge in [-0.3, -0.25) is 19.1 Å². The van der Waals surface area contributed by atoms with Gasteiger partial charge in [0.05, 0.1) is 5.52 Å². The van der Waals surface area contributed by atoms with E-state index >= 15 is 0 Å². The van der Waals surface area contributed by atoms with Gasteiger partial charge in [0, 0.05) is 36.3 Å². The first-order valence-corrected chi connectivity index (χ1v) is 16.5. The van der Waals surface area contributed by atoms with Crippen LogP contribution in [0.3, 0.4) is 0 Å². The number of anilines is 1. The Bertz CT molecular complexity index is 2030. The first kappa shape index (κ1) is 30.9. The molecule has 10 nitrogen and oxygen atoms in total. The number of amides is 2. The summed E-state index contributed by atoms with van der Waals surface area (Å²) in [7, 11) is 0. The first-order valence-electron chi connectivity index (χ1n) is 15.7. The standard InChI is InChI=1S/C36H34BrN7O3/c1-21(45)34-27-15-25(26-18-38-22(2)39-19-26)11-12-28(27)43(42-34)20-33(46)44-29(16-36(3)17-30(36)44)35(47)41-32-14-24(13-31(37)40-32)10-9-23-7-5-4-6-8-23/h4-8,11-15,18-19,29-30H,9-10,16-17,20H2,1-3H3,(H,40,41,47)/t29-,30?,36-/m0/s1. The molecule has 1 aliphatic heterocycles. The lowest BCUT2D eigenvalue weighted by molar-refractivity contribution is -0.138. The number of aromatic nitrogens is 5. The molecular formula is C36H34BrN7O3. The summed E-state index contributed by atoms with van der Waals surface area (Å²) in [6.07, 6.45) is 6.57. The van der Waals surface area contributed by atoms with Gasteiger partial charge in [-0.2, -0.15) is 5.10 Å². The van der Waals surface area contributed by atoms with E-state index in [1.54, 1.807) is 22.0 Å². The van der Waals surface area contributed by atoms with Crippen molar-refractivity contribution < 1.29 is 14.4 Å². The maximum atomic E-state index is 14.0. The molecule has 2 aromatic carbocycles. The Morgan fingerprint density at radius 1 is 0.957 bits per heavy atom. The van der Waals surface area contributed by atoms with E-state index in [0.29, 0.717) is 39.3 Å². The van der Waals surface area contributed by atoms with Crippen LogP contribution in [0.5, 0.6) is 0 Å². The van der Waals surface area contributed by atoms with Gasteiger partial charge < -0.3 is 10.2 Å². The average molecular weight is 693 g/mol. The number of halogens is 1. The molecule has 3 atom stereocenters. The number of hydrogen-bond donors (Lipinski definition) is 1. The monoisotopic (exact) mass is 691 g/mol. The van der Waals surface area contributed by atoms with Crippen LogP contribution < -0.4 is 5.32 Å². The van der Waals surface area contributed by atoms with Gasteiger partial charge in [0.15, 0.2) is 5.78 Å². The Morgan fingerprint density at radius 2 is 1.70 bits per heavy atom. The summed E-state index contributed by atoms with van der Waals surface area (Å²) in [5, 5.41) is 8.22. The van der Waals surface area contributed by atoms with Crippen LogP contribution in [0.2, 0.25) is 0 Å². The molecule has 0 bridgehead atoms. The Kier molecular flexibility index (Phi) is 7.95. The van der Waals surface area contributed by atoms with E-state index < -0.39 is 6.04 Å². The molecule has 2 aliphatic rings. The predicted molar refractivity (Wildman–Crippen MR) is 182 cm³/mol. The number of fused-ring (bicyclic) bond motifs is 2. The number of benzene rings is 2. The number of carbonyl (C=O) groups excluding carboxylic acids is 3. The van der Waals surface area contributed by atoms with Crippen LogP contribution >= 0.6 is 15.9 Å². The van der Waals surface area contributed by atoms with Crippen molar-refractivity contribution in [1.82, 2.24) is 29.6 Å². The van der Waals surface area contributed by atoms with Gasteiger partial charge in [0.25, 0.3) is 0 Å². The molecule has 2 fully saturated rings. The highest BCUT2D eigenvalue weighted by Gasteiger charge is 2.64. The number of likely N-dealkylation sites (tertiary alicyclic amines) is 1. The van der Waals surface area contributed by atoms with E-state index in [9.17, 15) is 14.4 Å². The van der Waals surface area contributed by atoms with Crippen molar-refractivity contribution in [2.24, 2.45) is 5.41 Å². The van der Waals surface area contributed by atoms with Gasteiger partial charge in [0.2, 0.25) is 11.8 Å². The van der Waals surface area contributed by atoms with Crippen molar-refractivity contribution in [3.63, 3.8) is 0 Å². The largest absolute Gasteiger partial charge is 0.325 e. The molecule has 3 aromatic heterocycles. The lowest BCUT2D eigenvalue weighted by Crippen LogP contribution is -2.46. The van der Waals surface area contributed by atoms with E-state index in [-0.39, 0.29) is 35.6 Å². The van der Waals surface area contributed by atoms with E-state index in [1.807, 2.05) is 55.5 Å². The molecule has 7 rings (SSSR count). The molecule has 0 radical (unpaired) electrons. The number of ketones is 1. The molecule has 5 aromatic rings. The third-order valence-electron chi connectivity index (χ3n) is 9.36. The fourth-order valence-electron chi connectivity index (χ4n) is 6.75. The number of hydrogen-bond acceptors (Lipinski definition) is 7. The molecule has 1 unspecified atom stereocenters.